The number of carboxylic acids is 7. The van der Waals surface area contributed by atoms with Crippen molar-refractivity contribution in [3.63, 3.8) is 0 Å². The fraction of sp³-hybridized carbons (Fsp3) is 0.586. The minimum atomic E-state index is -1.51. The number of aromatic nitrogens is 3. The lowest BCUT2D eigenvalue weighted by Crippen LogP contribution is -2.53. The molecule has 28 nitrogen and oxygen atoms in total. The standard InChI is InChI=1S/C58H84N12O16/c71-49(59-23-11-10-14-45(55(82)83)60-58(86)61-46(56(84)85)21-22-50(72)73)16-9-4-2-1-3-8-15-47-62-48(64-57(63-47)69-32-30-68(31-33-69)43-12-6-5-7-13-43)35-42-19-17-41(18-20-42)34-44-36-67(39-53(78)79)27-26-65(37-51(74)75)24-25-66(38-52(76)77)28-29-70(44)40-54(80)81/h5-7,12-13,17-20,44-46H,1-4,8-11,14-16,21-40H2,(H,59,71)(H,72,73)(H,74,75)(H,76,77)(H,78,79)(H,80,81)(H,82,83)(H,84,85)(H2,60,61,86)/t44?,45-,46-/m0/s1. The summed E-state index contributed by atoms with van der Waals surface area (Å²) in [5.74, 6) is -6.58. The summed E-state index contributed by atoms with van der Waals surface area (Å²) in [5.41, 5.74) is 2.93. The van der Waals surface area contributed by atoms with Crippen molar-refractivity contribution < 1.29 is 78.9 Å². The van der Waals surface area contributed by atoms with Gasteiger partial charge in [-0.2, -0.15) is 9.97 Å². The third-order valence-electron chi connectivity index (χ3n) is 15.0. The minimum absolute atomic E-state index is 0.0233. The van der Waals surface area contributed by atoms with Crippen LogP contribution in [0.1, 0.15) is 99.8 Å². The second kappa shape index (κ2) is 36.7. The number of benzene rings is 2. The third-order valence-corrected chi connectivity index (χ3v) is 15.0. The predicted octanol–water partition coefficient (Wildman–Crippen LogP) is 1.89. The number of piperazine rings is 1. The Kier molecular flexibility index (Phi) is 29.3. The first-order valence-corrected chi connectivity index (χ1v) is 29.4. The Labute approximate surface area is 499 Å². The van der Waals surface area contributed by atoms with Gasteiger partial charge in [0, 0.05) is 116 Å². The highest BCUT2D eigenvalue weighted by Crippen LogP contribution is 2.21. The smallest absolute Gasteiger partial charge is 0.326 e. The van der Waals surface area contributed by atoms with E-state index in [1.807, 2.05) is 42.5 Å². The number of hydrogen-bond acceptors (Lipinski definition) is 18. The molecule has 5 rings (SSSR count). The highest BCUT2D eigenvalue weighted by Gasteiger charge is 2.29. The van der Waals surface area contributed by atoms with Crippen LogP contribution in [0.4, 0.5) is 16.4 Å². The van der Waals surface area contributed by atoms with Crippen molar-refractivity contribution in [3.05, 3.63) is 77.4 Å². The van der Waals surface area contributed by atoms with Gasteiger partial charge in [0.2, 0.25) is 11.9 Å². The van der Waals surface area contributed by atoms with Crippen LogP contribution in [-0.4, -0.2) is 247 Å². The van der Waals surface area contributed by atoms with Gasteiger partial charge < -0.3 is 61.5 Å². The first-order chi connectivity index (χ1) is 41.2. The van der Waals surface area contributed by atoms with Crippen LogP contribution in [0.25, 0.3) is 0 Å². The van der Waals surface area contributed by atoms with E-state index in [0.717, 1.165) is 62.0 Å². The molecule has 3 aromatic rings. The number of para-hydroxylation sites is 1. The molecule has 3 atom stereocenters. The molecule has 0 saturated carbocycles. The van der Waals surface area contributed by atoms with Gasteiger partial charge in [0.1, 0.15) is 23.7 Å². The van der Waals surface area contributed by atoms with Crippen molar-refractivity contribution in [1.82, 2.24) is 50.5 Å². The highest BCUT2D eigenvalue weighted by atomic mass is 16.4. The number of urea groups is 1. The molecule has 2 fully saturated rings. The van der Waals surface area contributed by atoms with Gasteiger partial charge in [-0.25, -0.2) is 19.4 Å². The maximum atomic E-state index is 12.5. The number of nitrogens with one attached hydrogen (secondary N) is 3. The van der Waals surface area contributed by atoms with Crippen LogP contribution in [0, 0.1) is 0 Å². The van der Waals surface area contributed by atoms with Crippen LogP contribution in [0.2, 0.25) is 0 Å². The van der Waals surface area contributed by atoms with Gasteiger partial charge in [-0.15, -0.1) is 0 Å². The number of hydrogen-bond donors (Lipinski definition) is 10. The van der Waals surface area contributed by atoms with Crippen LogP contribution in [0.15, 0.2) is 54.6 Å². The Bertz CT molecular complexity index is 2680. The molecule has 3 heterocycles. The van der Waals surface area contributed by atoms with Gasteiger partial charge in [-0.05, 0) is 68.2 Å². The van der Waals surface area contributed by atoms with Crippen LogP contribution >= 0.6 is 0 Å². The summed E-state index contributed by atoms with van der Waals surface area (Å²) in [6, 6.07) is 13.7. The number of carbonyl (C=O) groups excluding carboxylic acids is 2. The summed E-state index contributed by atoms with van der Waals surface area (Å²) < 4.78 is 0. The van der Waals surface area contributed by atoms with Gasteiger partial charge in [-0.1, -0.05) is 68.1 Å². The summed E-state index contributed by atoms with van der Waals surface area (Å²) in [6.07, 6.45) is 6.78. The van der Waals surface area contributed by atoms with Crippen molar-refractivity contribution in [2.45, 2.75) is 114 Å². The molecule has 2 saturated heterocycles. The summed E-state index contributed by atoms with van der Waals surface area (Å²) in [5, 5.41) is 74.0. The number of amides is 3. The lowest BCUT2D eigenvalue weighted by Gasteiger charge is -2.37. The molecule has 0 bridgehead atoms. The van der Waals surface area contributed by atoms with Crippen molar-refractivity contribution >= 4 is 65.4 Å². The Hall–Kier alpha value is -8.08. The average Bonchev–Trinajstić information content (AvgIpc) is 2.46. The Morgan fingerprint density at radius 3 is 1.60 bits per heavy atom. The highest BCUT2D eigenvalue weighted by molar-refractivity contribution is 5.86. The number of carboxylic acid groups (broad SMARTS) is 7. The third kappa shape index (κ3) is 26.5. The second-order valence-corrected chi connectivity index (χ2v) is 21.8. The molecule has 86 heavy (non-hydrogen) atoms. The average molecular weight is 1210 g/mol. The Morgan fingerprint density at radius 2 is 1.01 bits per heavy atom. The molecule has 2 aliphatic heterocycles. The monoisotopic (exact) mass is 1200 g/mol. The van der Waals surface area contributed by atoms with E-state index in [1.54, 1.807) is 19.6 Å². The van der Waals surface area contributed by atoms with Gasteiger partial charge in [0.15, 0.2) is 0 Å². The molecule has 2 aliphatic rings. The van der Waals surface area contributed by atoms with Crippen molar-refractivity contribution in [3.8, 4) is 0 Å². The minimum Gasteiger partial charge on any atom is -0.481 e. The van der Waals surface area contributed by atoms with Gasteiger partial charge >= 0.3 is 47.8 Å². The largest absolute Gasteiger partial charge is 0.481 e. The first-order valence-electron chi connectivity index (χ1n) is 29.4. The second-order valence-electron chi connectivity index (χ2n) is 21.8. The first kappa shape index (κ1) is 68.7. The molecule has 3 amide bonds. The zero-order valence-corrected chi connectivity index (χ0v) is 48.7. The molecular weight excluding hydrogens is 1120 g/mol. The van der Waals surface area contributed by atoms with Crippen LogP contribution in [0.5, 0.6) is 0 Å². The number of aryl methyl sites for hydroxylation is 1. The number of carbonyl (C=O) groups is 9. The number of aliphatic carboxylic acids is 7. The maximum absolute atomic E-state index is 12.5. The summed E-state index contributed by atoms with van der Waals surface area (Å²) in [4.78, 5) is 133. The van der Waals surface area contributed by atoms with E-state index in [-0.39, 0.29) is 90.7 Å². The maximum Gasteiger partial charge on any atom is 0.326 e. The molecule has 0 radical (unpaired) electrons. The molecule has 1 aromatic heterocycles. The van der Waals surface area contributed by atoms with E-state index in [1.165, 1.54) is 0 Å². The van der Waals surface area contributed by atoms with Crippen molar-refractivity contribution in [2.24, 2.45) is 0 Å². The lowest BCUT2D eigenvalue weighted by atomic mass is 10.0. The van der Waals surface area contributed by atoms with Gasteiger partial charge in [0.25, 0.3) is 0 Å². The molecule has 0 spiro atoms. The number of nitrogens with zero attached hydrogens (tertiary/aromatic N) is 9. The topological polar surface area (TPSA) is 389 Å². The quantitative estimate of drug-likeness (QED) is 0.0376. The lowest BCUT2D eigenvalue weighted by molar-refractivity contribution is -0.142. The van der Waals surface area contributed by atoms with Crippen molar-refractivity contribution in [2.75, 3.05) is 115 Å². The predicted molar refractivity (Wildman–Crippen MR) is 313 cm³/mol. The molecule has 1 unspecified atom stereocenters. The van der Waals surface area contributed by atoms with E-state index in [9.17, 15) is 73.8 Å². The van der Waals surface area contributed by atoms with E-state index in [0.29, 0.717) is 82.2 Å². The zero-order chi connectivity index (χ0) is 62.4. The van der Waals surface area contributed by atoms with E-state index in [4.69, 9.17) is 20.1 Å². The van der Waals surface area contributed by atoms with E-state index < -0.39 is 72.4 Å². The summed E-state index contributed by atoms with van der Waals surface area (Å²) in [7, 11) is 0. The SMILES string of the molecule is O=C(O)CC[C@H](NC(=O)N[C@@H](CCCCNC(=O)CCCCCCCCc1nc(Cc2ccc(CC3CN(CC(=O)O)CCN(CC(=O)O)CCN(CC(=O)O)CCN3CC(=O)O)cc2)nc(N2CCN(c3ccccc3)CC2)n1)C(=O)O)C(=O)O. The van der Waals surface area contributed by atoms with E-state index in [2.05, 4.69) is 37.9 Å². The van der Waals surface area contributed by atoms with Gasteiger partial charge in [-0.3, -0.25) is 48.4 Å². The number of anilines is 2. The van der Waals surface area contributed by atoms with Crippen LogP contribution in [0.3, 0.4) is 0 Å². The zero-order valence-electron chi connectivity index (χ0n) is 48.7. The molecule has 2 aromatic carbocycles. The van der Waals surface area contributed by atoms with E-state index >= 15 is 0 Å². The Balaban J connectivity index is 1.16. The number of rotatable bonds is 35. The fourth-order valence-corrected chi connectivity index (χ4v) is 10.4. The van der Waals surface area contributed by atoms with Crippen molar-refractivity contribution in [1.29, 1.82) is 0 Å². The van der Waals surface area contributed by atoms with Gasteiger partial charge in [0.05, 0.1) is 26.2 Å². The molecule has 472 valence electrons. The normalized spacial score (nSPS) is 16.6. The molecular formula is C58H84N12O16. The van der Waals surface area contributed by atoms with Crippen LogP contribution < -0.4 is 25.8 Å². The fourth-order valence-electron chi connectivity index (χ4n) is 10.4. The molecule has 0 aliphatic carbocycles. The number of unbranched alkanes of at least 4 members (excludes halogenated alkanes) is 6. The van der Waals surface area contributed by atoms with Crippen LogP contribution in [-0.2, 0) is 57.6 Å². The summed E-state index contributed by atoms with van der Waals surface area (Å²) >= 11 is 0. The molecule has 28 heteroatoms. The molecule has 10 N–H and O–H groups in total. The summed E-state index contributed by atoms with van der Waals surface area (Å²) in [6.45, 7) is 3.22. The Morgan fingerprint density at radius 1 is 0.488 bits per heavy atom.